The molecule has 8 nitrogen and oxygen atoms in total. The lowest BCUT2D eigenvalue weighted by Crippen LogP contribution is -2.42. The third kappa shape index (κ3) is 5.05. The molecule has 5 rings (SSSR count). The van der Waals surface area contributed by atoms with Gasteiger partial charge in [-0.15, -0.1) is 11.8 Å². The number of amides is 3. The Balaban J connectivity index is 1.23. The van der Waals surface area contributed by atoms with E-state index >= 15 is 0 Å². The van der Waals surface area contributed by atoms with Gasteiger partial charge < -0.3 is 9.64 Å². The van der Waals surface area contributed by atoms with E-state index in [9.17, 15) is 14.4 Å². The Kier molecular flexibility index (Phi) is 6.77. The maximum atomic E-state index is 12.7. The summed E-state index contributed by atoms with van der Waals surface area (Å²) in [5.74, 6) is 0.330. The molecule has 1 aromatic heterocycles. The van der Waals surface area contributed by atoms with E-state index in [2.05, 4.69) is 10.4 Å². The van der Waals surface area contributed by atoms with Crippen molar-refractivity contribution in [3.8, 4) is 5.75 Å². The summed E-state index contributed by atoms with van der Waals surface area (Å²) < 4.78 is 8.15. The highest BCUT2D eigenvalue weighted by atomic mass is 32.2. The number of piperidine rings is 2. The number of aryl methyl sites for hydroxylation is 1. The van der Waals surface area contributed by atoms with Gasteiger partial charge in [-0.1, -0.05) is 30.3 Å². The van der Waals surface area contributed by atoms with Gasteiger partial charge in [0.2, 0.25) is 17.7 Å². The van der Waals surface area contributed by atoms with Crippen LogP contribution in [0.15, 0.2) is 53.4 Å². The summed E-state index contributed by atoms with van der Waals surface area (Å²) in [6.45, 7) is 1.34. The van der Waals surface area contributed by atoms with Gasteiger partial charge in [0.05, 0.1) is 17.4 Å². The van der Waals surface area contributed by atoms with Gasteiger partial charge in [-0.2, -0.15) is 5.10 Å². The second-order valence-electron chi connectivity index (χ2n) is 8.96. The van der Waals surface area contributed by atoms with Crippen LogP contribution in [0.5, 0.6) is 5.75 Å². The van der Waals surface area contributed by atoms with E-state index in [0.29, 0.717) is 37.4 Å². The van der Waals surface area contributed by atoms with E-state index < -0.39 is 5.92 Å². The van der Waals surface area contributed by atoms with Crippen LogP contribution in [0.1, 0.15) is 37.3 Å². The highest BCUT2D eigenvalue weighted by Gasteiger charge is 2.32. The van der Waals surface area contributed by atoms with Gasteiger partial charge in [0, 0.05) is 49.7 Å². The van der Waals surface area contributed by atoms with E-state index in [1.165, 1.54) is 0 Å². The molecule has 2 saturated heterocycles. The second kappa shape index (κ2) is 10.1. The number of fused-ring (bicyclic) bond motifs is 1. The minimum Gasteiger partial charge on any atom is -0.488 e. The van der Waals surface area contributed by atoms with Crippen molar-refractivity contribution in [1.29, 1.82) is 0 Å². The summed E-state index contributed by atoms with van der Waals surface area (Å²) >= 11 is 1.56. The van der Waals surface area contributed by atoms with E-state index in [-0.39, 0.29) is 23.8 Å². The van der Waals surface area contributed by atoms with Crippen LogP contribution in [0.25, 0.3) is 10.9 Å². The smallest absolute Gasteiger partial charge is 0.235 e. The molecule has 2 aliphatic rings. The molecule has 0 radical (unpaired) electrons. The van der Waals surface area contributed by atoms with Crippen molar-refractivity contribution in [3.63, 3.8) is 0 Å². The van der Waals surface area contributed by atoms with Gasteiger partial charge in [-0.05, 0) is 24.6 Å². The number of aromatic nitrogens is 2. The molecule has 9 heteroatoms. The molecule has 1 atom stereocenters. The number of carbonyl (C=O) groups excluding carboxylic acids is 3. The highest BCUT2D eigenvalue weighted by molar-refractivity contribution is 8.00. The number of rotatable bonds is 6. The van der Waals surface area contributed by atoms with Crippen molar-refractivity contribution in [2.75, 3.05) is 18.8 Å². The monoisotopic (exact) mass is 492 g/mol. The van der Waals surface area contributed by atoms with E-state index in [0.717, 1.165) is 34.4 Å². The molecule has 1 N–H and O–H groups in total. The molecular weight excluding hydrogens is 464 g/mol. The van der Waals surface area contributed by atoms with E-state index in [1.54, 1.807) is 16.4 Å². The van der Waals surface area contributed by atoms with Crippen LogP contribution in [0.3, 0.4) is 0 Å². The predicted octanol–water partition coefficient (Wildman–Crippen LogP) is 3.26. The molecule has 3 heterocycles. The first-order chi connectivity index (χ1) is 17.0. The van der Waals surface area contributed by atoms with Crippen LogP contribution in [-0.4, -0.2) is 57.3 Å². The van der Waals surface area contributed by atoms with Gasteiger partial charge in [0.1, 0.15) is 17.4 Å². The number of imide groups is 1. The standard InChI is InChI=1S/C26H28N4O4S/c1-29-25-19(24(28-29)20-10-11-22(31)27-26(20)33)8-5-9-21(25)34-17-12-14-30(15-13-17)23(32)16-35-18-6-3-2-4-7-18/h2-9,17,20H,10-16H2,1H3,(H,27,31,33). The number of ether oxygens (including phenoxy) is 1. The van der Waals surface area contributed by atoms with Crippen molar-refractivity contribution >= 4 is 40.4 Å². The van der Waals surface area contributed by atoms with Crippen molar-refractivity contribution in [2.45, 2.75) is 42.6 Å². The number of hydrogen-bond donors (Lipinski definition) is 1. The Morgan fingerprint density at radius 1 is 1.09 bits per heavy atom. The van der Waals surface area contributed by atoms with Gasteiger partial charge in [-0.25, -0.2) is 0 Å². The molecule has 0 bridgehead atoms. The van der Waals surface area contributed by atoms with E-state index in [4.69, 9.17) is 4.74 Å². The first kappa shape index (κ1) is 23.4. The second-order valence-corrected chi connectivity index (χ2v) is 10.0. The number of nitrogens with one attached hydrogen (secondary N) is 1. The first-order valence-corrected chi connectivity index (χ1v) is 12.9. The quantitative estimate of drug-likeness (QED) is 0.419. The number of thioether (sulfide) groups is 1. The lowest BCUT2D eigenvalue weighted by atomic mass is 9.93. The molecule has 3 amide bonds. The zero-order valence-corrected chi connectivity index (χ0v) is 20.4. The SMILES string of the molecule is Cn1nc(C2CCC(=O)NC2=O)c2cccc(OC3CCN(C(=O)CSc4ccccc4)CC3)c21. The van der Waals surface area contributed by atoms with Crippen LogP contribution in [0.2, 0.25) is 0 Å². The summed E-state index contributed by atoms with van der Waals surface area (Å²) in [6, 6.07) is 15.7. The Morgan fingerprint density at radius 3 is 2.60 bits per heavy atom. The number of nitrogens with zero attached hydrogens (tertiary/aromatic N) is 3. The van der Waals surface area contributed by atoms with E-state index in [1.807, 2.05) is 60.5 Å². The maximum absolute atomic E-state index is 12.7. The largest absolute Gasteiger partial charge is 0.488 e. The van der Waals surface area contributed by atoms with Crippen LogP contribution >= 0.6 is 11.8 Å². The average Bonchev–Trinajstić information content (AvgIpc) is 3.20. The molecule has 0 aliphatic carbocycles. The minimum absolute atomic E-state index is 0.000349. The Bertz CT molecular complexity index is 1250. The molecule has 2 fully saturated rings. The number of likely N-dealkylation sites (tertiary alicyclic amines) is 1. The summed E-state index contributed by atoms with van der Waals surface area (Å²) in [6.07, 6.45) is 2.29. The fourth-order valence-electron chi connectivity index (χ4n) is 4.79. The Hall–Kier alpha value is -3.33. The Labute approximate surface area is 208 Å². The lowest BCUT2D eigenvalue weighted by molar-refractivity contribution is -0.134. The van der Waals surface area contributed by atoms with Crippen LogP contribution in [-0.2, 0) is 21.4 Å². The maximum Gasteiger partial charge on any atom is 0.235 e. The average molecular weight is 493 g/mol. The molecule has 3 aromatic rings. The van der Waals surface area contributed by atoms with Crippen molar-refractivity contribution < 1.29 is 19.1 Å². The number of carbonyl (C=O) groups is 3. The molecule has 1 unspecified atom stereocenters. The summed E-state index contributed by atoms with van der Waals surface area (Å²) in [5, 5.41) is 7.92. The lowest BCUT2D eigenvalue weighted by Gasteiger charge is -2.32. The van der Waals surface area contributed by atoms with Gasteiger partial charge in [0.15, 0.2) is 0 Å². The van der Waals surface area contributed by atoms with Gasteiger partial charge >= 0.3 is 0 Å². The Morgan fingerprint density at radius 2 is 1.86 bits per heavy atom. The molecular formula is C26H28N4O4S. The van der Waals surface area contributed by atoms with Gasteiger partial charge in [-0.3, -0.25) is 24.4 Å². The van der Waals surface area contributed by atoms with Crippen LogP contribution < -0.4 is 10.1 Å². The summed E-state index contributed by atoms with van der Waals surface area (Å²) in [5.41, 5.74) is 1.51. The molecule has 2 aliphatic heterocycles. The number of benzene rings is 2. The van der Waals surface area contributed by atoms with Crippen LogP contribution in [0, 0.1) is 0 Å². The van der Waals surface area contributed by atoms with Crippen molar-refractivity contribution in [3.05, 3.63) is 54.2 Å². The molecule has 2 aromatic carbocycles. The molecule has 182 valence electrons. The topological polar surface area (TPSA) is 93.5 Å². The van der Waals surface area contributed by atoms with Crippen molar-refractivity contribution in [1.82, 2.24) is 20.0 Å². The summed E-state index contributed by atoms with van der Waals surface area (Å²) in [7, 11) is 1.84. The molecule has 0 saturated carbocycles. The van der Waals surface area contributed by atoms with Crippen molar-refractivity contribution in [2.24, 2.45) is 7.05 Å². The number of para-hydroxylation sites is 1. The third-order valence-corrected chi connectivity index (χ3v) is 7.62. The number of hydrogen-bond acceptors (Lipinski definition) is 6. The highest BCUT2D eigenvalue weighted by Crippen LogP contribution is 2.35. The van der Waals surface area contributed by atoms with Gasteiger partial charge in [0.25, 0.3) is 0 Å². The predicted molar refractivity (Wildman–Crippen MR) is 133 cm³/mol. The minimum atomic E-state index is -0.449. The van der Waals surface area contributed by atoms with Crippen LogP contribution in [0.4, 0.5) is 0 Å². The molecule has 0 spiro atoms. The molecule has 35 heavy (non-hydrogen) atoms. The fourth-order valence-corrected chi connectivity index (χ4v) is 5.61. The normalized spacial score (nSPS) is 19.1. The third-order valence-electron chi connectivity index (χ3n) is 6.62. The first-order valence-electron chi connectivity index (χ1n) is 11.9. The zero-order chi connectivity index (χ0) is 24.4. The zero-order valence-electron chi connectivity index (χ0n) is 19.6. The summed E-state index contributed by atoms with van der Waals surface area (Å²) in [4.78, 5) is 39.7. The fraction of sp³-hybridized carbons (Fsp3) is 0.385.